The minimum absolute atomic E-state index is 0.109. The van der Waals surface area contributed by atoms with Gasteiger partial charge >= 0.3 is 5.97 Å². The maximum atomic E-state index is 12.7. The van der Waals surface area contributed by atoms with Crippen LogP contribution in [0.2, 0.25) is 0 Å². The number of rotatable bonds is 4. The Hall–Kier alpha value is -3.29. The van der Waals surface area contributed by atoms with E-state index in [0.29, 0.717) is 29.9 Å². The number of hydrogen-bond acceptors (Lipinski definition) is 6. The first-order valence-electron chi connectivity index (χ1n) is 8.74. The first-order chi connectivity index (χ1) is 13.0. The largest absolute Gasteiger partial charge is 0.462 e. The van der Waals surface area contributed by atoms with Gasteiger partial charge in [-0.25, -0.2) is 15.2 Å². The molecule has 0 saturated heterocycles. The van der Waals surface area contributed by atoms with Gasteiger partial charge in [0.25, 0.3) is 11.5 Å². The fourth-order valence-corrected chi connectivity index (χ4v) is 2.91. The number of carbonyl (C=O) groups is 2. The second kappa shape index (κ2) is 7.94. The number of nitrogens with one attached hydrogen (secondary N) is 1. The van der Waals surface area contributed by atoms with E-state index in [4.69, 9.17) is 4.74 Å². The van der Waals surface area contributed by atoms with Gasteiger partial charge in [0.15, 0.2) is 5.82 Å². The number of amides is 1. The average Bonchev–Trinajstić information content (AvgIpc) is 2.68. The average molecular weight is 368 g/mol. The third-order valence-electron chi connectivity index (χ3n) is 4.31. The molecular weight excluding hydrogens is 348 g/mol. The monoisotopic (exact) mass is 368 g/mol. The lowest BCUT2D eigenvalue weighted by Crippen LogP contribution is -2.38. The zero-order chi connectivity index (χ0) is 19.4. The number of fused-ring (bicyclic) bond motifs is 1. The van der Waals surface area contributed by atoms with Gasteiger partial charge in [0.1, 0.15) is 11.3 Å². The van der Waals surface area contributed by atoms with Crippen LogP contribution in [0.5, 0.6) is 0 Å². The predicted octanol–water partition coefficient (Wildman–Crippen LogP) is 1.91. The Morgan fingerprint density at radius 1 is 1.33 bits per heavy atom. The van der Waals surface area contributed by atoms with E-state index >= 15 is 0 Å². The van der Waals surface area contributed by atoms with E-state index in [1.807, 2.05) is 13.0 Å². The van der Waals surface area contributed by atoms with Crippen molar-refractivity contribution in [2.24, 2.45) is 5.10 Å². The maximum Gasteiger partial charge on any atom is 0.345 e. The van der Waals surface area contributed by atoms with Gasteiger partial charge in [0.05, 0.1) is 6.61 Å². The molecular formula is C19H20N4O4. The van der Waals surface area contributed by atoms with Crippen molar-refractivity contribution in [3.8, 4) is 0 Å². The molecule has 8 heteroatoms. The second-order valence-electron chi connectivity index (χ2n) is 6.14. The topological polar surface area (TPSA) is 103 Å². The van der Waals surface area contributed by atoms with E-state index in [1.54, 1.807) is 31.2 Å². The molecule has 0 saturated carbocycles. The smallest absolute Gasteiger partial charge is 0.345 e. The van der Waals surface area contributed by atoms with Crippen molar-refractivity contribution in [2.75, 3.05) is 6.61 Å². The molecule has 3 rings (SSSR count). The number of aromatic nitrogens is 2. The van der Waals surface area contributed by atoms with Crippen LogP contribution < -0.4 is 11.0 Å². The molecule has 1 aliphatic heterocycles. The summed E-state index contributed by atoms with van der Waals surface area (Å²) in [4.78, 5) is 41.1. The first-order valence-corrected chi connectivity index (χ1v) is 8.74. The molecule has 1 aliphatic rings. The Morgan fingerprint density at radius 2 is 2.07 bits per heavy atom. The molecule has 0 bridgehead atoms. The summed E-state index contributed by atoms with van der Waals surface area (Å²) in [6, 6.07) is 8.56. The summed E-state index contributed by atoms with van der Waals surface area (Å²) in [5.74, 6) is -0.696. The van der Waals surface area contributed by atoms with Gasteiger partial charge in [-0.1, -0.05) is 18.2 Å². The SMILES string of the molecule is CCOC(=O)c1cnc2n(c1=O)C(C)CCC2=NNC(=O)c1ccccc1. The van der Waals surface area contributed by atoms with Crippen LogP contribution in [0.25, 0.3) is 0 Å². The molecule has 27 heavy (non-hydrogen) atoms. The maximum absolute atomic E-state index is 12.7. The first kappa shape index (κ1) is 18.5. The van der Waals surface area contributed by atoms with Gasteiger partial charge in [-0.3, -0.25) is 14.2 Å². The highest BCUT2D eigenvalue weighted by Gasteiger charge is 2.27. The van der Waals surface area contributed by atoms with Crippen LogP contribution >= 0.6 is 0 Å². The standard InChI is InChI=1S/C19H20N4O4/c1-3-27-19(26)14-11-20-16-15(10-9-12(2)23(16)18(14)25)21-22-17(24)13-7-5-4-6-8-13/h4-8,11-12H,3,9-10H2,1-2H3,(H,22,24). The van der Waals surface area contributed by atoms with Gasteiger partial charge in [0, 0.05) is 17.8 Å². The molecule has 140 valence electrons. The fourth-order valence-electron chi connectivity index (χ4n) is 2.91. The van der Waals surface area contributed by atoms with E-state index < -0.39 is 11.5 Å². The highest BCUT2D eigenvalue weighted by molar-refractivity contribution is 6.01. The quantitative estimate of drug-likeness (QED) is 0.656. The number of hydrazone groups is 1. The lowest BCUT2D eigenvalue weighted by Gasteiger charge is -2.25. The fraction of sp³-hybridized carbons (Fsp3) is 0.316. The molecule has 1 amide bonds. The van der Waals surface area contributed by atoms with Crippen molar-refractivity contribution in [3.05, 3.63) is 63.8 Å². The van der Waals surface area contributed by atoms with Crippen molar-refractivity contribution in [1.29, 1.82) is 0 Å². The third-order valence-corrected chi connectivity index (χ3v) is 4.31. The molecule has 1 atom stereocenters. The van der Waals surface area contributed by atoms with Crippen LogP contribution in [0.1, 0.15) is 59.3 Å². The minimum atomic E-state index is -0.695. The van der Waals surface area contributed by atoms with E-state index in [-0.39, 0.29) is 24.1 Å². The van der Waals surface area contributed by atoms with Crippen molar-refractivity contribution in [1.82, 2.24) is 15.0 Å². The van der Waals surface area contributed by atoms with Crippen molar-refractivity contribution in [2.45, 2.75) is 32.7 Å². The normalized spacial score (nSPS) is 17.3. The second-order valence-corrected chi connectivity index (χ2v) is 6.14. The number of nitrogens with zero attached hydrogens (tertiary/aromatic N) is 3. The summed E-state index contributed by atoms with van der Waals surface area (Å²) >= 11 is 0. The summed E-state index contributed by atoms with van der Waals surface area (Å²) < 4.78 is 6.34. The van der Waals surface area contributed by atoms with Crippen LogP contribution in [0.15, 0.2) is 46.4 Å². The molecule has 1 aromatic carbocycles. The van der Waals surface area contributed by atoms with Gasteiger partial charge in [-0.2, -0.15) is 5.10 Å². The van der Waals surface area contributed by atoms with Crippen LogP contribution in [-0.2, 0) is 4.74 Å². The molecule has 0 radical (unpaired) electrons. The van der Waals surface area contributed by atoms with E-state index in [0.717, 1.165) is 0 Å². The van der Waals surface area contributed by atoms with E-state index in [2.05, 4.69) is 15.5 Å². The number of benzene rings is 1. The van der Waals surface area contributed by atoms with Gasteiger partial charge in [0.2, 0.25) is 0 Å². The zero-order valence-electron chi connectivity index (χ0n) is 15.1. The van der Waals surface area contributed by atoms with Gasteiger partial charge in [-0.05, 0) is 38.8 Å². The Labute approximate surface area is 155 Å². The summed E-state index contributed by atoms with van der Waals surface area (Å²) in [7, 11) is 0. The van der Waals surface area contributed by atoms with Gasteiger partial charge in [-0.15, -0.1) is 0 Å². The van der Waals surface area contributed by atoms with Crippen molar-refractivity contribution in [3.63, 3.8) is 0 Å². The van der Waals surface area contributed by atoms with Crippen molar-refractivity contribution >= 4 is 17.6 Å². The van der Waals surface area contributed by atoms with Crippen LogP contribution in [-0.4, -0.2) is 33.7 Å². The number of ether oxygens (including phenoxy) is 1. The van der Waals surface area contributed by atoms with Crippen LogP contribution in [0.3, 0.4) is 0 Å². The molecule has 0 spiro atoms. The number of esters is 1. The molecule has 1 unspecified atom stereocenters. The van der Waals surface area contributed by atoms with E-state index in [1.165, 1.54) is 10.8 Å². The molecule has 2 heterocycles. The summed E-state index contributed by atoms with van der Waals surface area (Å²) in [6.45, 7) is 3.72. The molecule has 0 aliphatic carbocycles. The lowest BCUT2D eigenvalue weighted by molar-refractivity contribution is 0.0522. The number of carbonyl (C=O) groups excluding carboxylic acids is 2. The molecule has 2 aromatic rings. The zero-order valence-corrected chi connectivity index (χ0v) is 15.1. The number of hydrogen-bond donors (Lipinski definition) is 1. The lowest BCUT2D eigenvalue weighted by atomic mass is 10.0. The molecule has 0 fully saturated rings. The third kappa shape index (κ3) is 3.79. The minimum Gasteiger partial charge on any atom is -0.462 e. The van der Waals surface area contributed by atoms with Crippen LogP contribution in [0.4, 0.5) is 0 Å². The Balaban J connectivity index is 1.92. The highest BCUT2D eigenvalue weighted by atomic mass is 16.5. The van der Waals surface area contributed by atoms with Gasteiger partial charge < -0.3 is 4.74 Å². The molecule has 8 nitrogen and oxygen atoms in total. The summed E-state index contributed by atoms with van der Waals surface area (Å²) in [5, 5.41) is 4.17. The summed E-state index contributed by atoms with van der Waals surface area (Å²) in [6.07, 6.45) is 2.40. The van der Waals surface area contributed by atoms with E-state index in [9.17, 15) is 14.4 Å². The Kier molecular flexibility index (Phi) is 5.44. The summed E-state index contributed by atoms with van der Waals surface area (Å²) in [5.41, 5.74) is 2.90. The molecule has 1 aromatic heterocycles. The van der Waals surface area contributed by atoms with Crippen LogP contribution in [0, 0.1) is 0 Å². The highest BCUT2D eigenvalue weighted by Crippen LogP contribution is 2.21. The molecule has 1 N–H and O–H groups in total. The predicted molar refractivity (Wildman–Crippen MR) is 98.8 cm³/mol. The Morgan fingerprint density at radius 3 is 2.78 bits per heavy atom. The van der Waals surface area contributed by atoms with Crippen molar-refractivity contribution < 1.29 is 14.3 Å². The Bertz CT molecular complexity index is 950.